The van der Waals surface area contributed by atoms with Gasteiger partial charge in [0.1, 0.15) is 31.2 Å². The van der Waals surface area contributed by atoms with E-state index in [4.69, 9.17) is 28.4 Å². The first-order chi connectivity index (χ1) is 18.0. The summed E-state index contributed by atoms with van der Waals surface area (Å²) in [5, 5.41) is 0. The van der Waals surface area contributed by atoms with Gasteiger partial charge in [-0.3, -0.25) is 19.2 Å². The van der Waals surface area contributed by atoms with Crippen molar-refractivity contribution in [2.45, 2.75) is 64.8 Å². The lowest BCUT2D eigenvalue weighted by Crippen LogP contribution is -2.59. The maximum atomic E-state index is 12.1. The highest BCUT2D eigenvalue weighted by molar-refractivity contribution is 9.10. The molecule has 0 spiro atoms. The zero-order valence-electron chi connectivity index (χ0n) is 21.4. The Morgan fingerprint density at radius 1 is 0.789 bits per heavy atom. The smallest absolute Gasteiger partial charge is 0.303 e. The summed E-state index contributed by atoms with van der Waals surface area (Å²) in [5.41, 5.74) is 1.33. The number of benzene rings is 2. The highest BCUT2D eigenvalue weighted by Gasteiger charge is 2.52. The number of rotatable bonds is 9. The first kappa shape index (κ1) is 29.1. The quantitative estimate of drug-likeness (QED) is 0.313. The fourth-order valence-electron chi connectivity index (χ4n) is 4.06. The van der Waals surface area contributed by atoms with Gasteiger partial charge in [0.2, 0.25) is 0 Å². The monoisotopic (exact) mass is 592 g/mol. The second-order valence-corrected chi connectivity index (χ2v) is 9.43. The molecule has 204 valence electrons. The number of ether oxygens (including phenoxy) is 6. The maximum Gasteiger partial charge on any atom is 0.303 e. The van der Waals surface area contributed by atoms with Crippen molar-refractivity contribution in [3.05, 3.63) is 64.1 Å². The van der Waals surface area contributed by atoms with Gasteiger partial charge in [0.25, 0.3) is 0 Å². The molecule has 0 amide bonds. The van der Waals surface area contributed by atoms with Crippen molar-refractivity contribution < 1.29 is 47.6 Å². The second-order valence-electron chi connectivity index (χ2n) is 8.57. The number of esters is 4. The van der Waals surface area contributed by atoms with Gasteiger partial charge >= 0.3 is 23.9 Å². The average molecular weight is 593 g/mol. The zero-order valence-corrected chi connectivity index (χ0v) is 23.0. The van der Waals surface area contributed by atoms with Crippen LogP contribution in [0.5, 0.6) is 5.75 Å². The topological polar surface area (TPSA) is 124 Å². The van der Waals surface area contributed by atoms with Crippen molar-refractivity contribution >= 4 is 39.8 Å². The predicted octanol–water partition coefficient (Wildman–Crippen LogP) is 3.83. The summed E-state index contributed by atoms with van der Waals surface area (Å²) in [6.07, 6.45) is -5.64. The van der Waals surface area contributed by atoms with E-state index < -0.39 is 54.4 Å². The third-order valence-electron chi connectivity index (χ3n) is 5.53. The zero-order chi connectivity index (χ0) is 27.8. The Morgan fingerprint density at radius 2 is 1.39 bits per heavy atom. The first-order valence-corrected chi connectivity index (χ1v) is 12.6. The van der Waals surface area contributed by atoms with Crippen molar-refractivity contribution in [2.75, 3.05) is 6.61 Å². The number of para-hydroxylation sites is 1. The van der Waals surface area contributed by atoms with Crippen LogP contribution in [0.25, 0.3) is 0 Å². The number of hydrogen-bond acceptors (Lipinski definition) is 10. The van der Waals surface area contributed by atoms with E-state index in [1.54, 1.807) is 18.2 Å². The normalized spacial score (nSPS) is 22.6. The second kappa shape index (κ2) is 13.4. The van der Waals surface area contributed by atoms with E-state index in [0.717, 1.165) is 10.0 Å². The SMILES string of the molecule is CC(=O)OCC1O[C@@H](c2ccc(Br)c(COc3ccccc3)c2)[C@H](OC(C)=O)[C@@H](OC(C)=O)[C@@H]1OC(C)=O. The maximum absolute atomic E-state index is 12.1. The van der Waals surface area contributed by atoms with Gasteiger partial charge in [-0.1, -0.05) is 40.2 Å². The van der Waals surface area contributed by atoms with Gasteiger partial charge in [-0.25, -0.2) is 0 Å². The molecule has 11 heteroatoms. The third-order valence-corrected chi connectivity index (χ3v) is 6.30. The molecule has 1 saturated heterocycles. The van der Waals surface area contributed by atoms with Crippen LogP contribution < -0.4 is 4.74 Å². The number of halogens is 1. The van der Waals surface area contributed by atoms with Crippen LogP contribution in [0.1, 0.15) is 44.9 Å². The molecule has 1 aliphatic rings. The van der Waals surface area contributed by atoms with Crippen LogP contribution in [0.4, 0.5) is 0 Å². The van der Waals surface area contributed by atoms with Crippen LogP contribution in [-0.4, -0.2) is 54.9 Å². The van der Waals surface area contributed by atoms with Gasteiger partial charge in [-0.05, 0) is 29.8 Å². The molecule has 3 rings (SSSR count). The van der Waals surface area contributed by atoms with Crippen LogP contribution in [0, 0.1) is 0 Å². The van der Waals surface area contributed by atoms with Gasteiger partial charge in [-0.15, -0.1) is 0 Å². The third kappa shape index (κ3) is 8.03. The van der Waals surface area contributed by atoms with Crippen molar-refractivity contribution in [1.82, 2.24) is 0 Å². The molecular weight excluding hydrogens is 564 g/mol. The van der Waals surface area contributed by atoms with Crippen molar-refractivity contribution in [3.8, 4) is 5.75 Å². The lowest BCUT2D eigenvalue weighted by atomic mass is 9.90. The summed E-state index contributed by atoms with van der Waals surface area (Å²) in [6, 6.07) is 14.6. The van der Waals surface area contributed by atoms with E-state index >= 15 is 0 Å². The minimum atomic E-state index is -1.24. The Bertz CT molecular complexity index is 1150. The van der Waals surface area contributed by atoms with Crippen LogP contribution >= 0.6 is 15.9 Å². The highest BCUT2D eigenvalue weighted by atomic mass is 79.9. The molecule has 1 fully saturated rings. The van der Waals surface area contributed by atoms with E-state index in [9.17, 15) is 19.2 Å². The molecule has 0 radical (unpaired) electrons. The molecule has 1 heterocycles. The van der Waals surface area contributed by atoms with Crippen LogP contribution in [0.3, 0.4) is 0 Å². The minimum Gasteiger partial charge on any atom is -0.489 e. The molecule has 1 aliphatic heterocycles. The molecule has 5 atom stereocenters. The van der Waals surface area contributed by atoms with Gasteiger partial charge in [-0.2, -0.15) is 0 Å². The highest BCUT2D eigenvalue weighted by Crippen LogP contribution is 2.38. The summed E-state index contributed by atoms with van der Waals surface area (Å²) < 4.78 is 34.6. The summed E-state index contributed by atoms with van der Waals surface area (Å²) in [6.45, 7) is 4.70. The van der Waals surface area contributed by atoms with Gasteiger partial charge in [0.15, 0.2) is 18.3 Å². The average Bonchev–Trinajstić information content (AvgIpc) is 2.84. The molecular formula is C27H29BrO10. The largest absolute Gasteiger partial charge is 0.489 e. The molecule has 38 heavy (non-hydrogen) atoms. The summed E-state index contributed by atoms with van der Waals surface area (Å²) >= 11 is 3.53. The van der Waals surface area contributed by atoms with Crippen LogP contribution in [-0.2, 0) is 49.5 Å². The molecule has 2 aromatic rings. The molecule has 10 nitrogen and oxygen atoms in total. The molecule has 0 aromatic heterocycles. The standard InChI is InChI=1S/C27H29BrO10/c1-15(29)33-14-23-25(35-16(2)30)27(37-18(4)32)26(36-17(3)31)24(38-23)19-10-11-22(28)20(12-19)13-34-21-8-6-5-7-9-21/h5-12,23-27H,13-14H2,1-4H3/t23?,24-,25+,26-,27-/m0/s1. The Kier molecular flexibility index (Phi) is 10.3. The van der Waals surface area contributed by atoms with E-state index in [1.165, 1.54) is 27.7 Å². The van der Waals surface area contributed by atoms with Crippen molar-refractivity contribution in [1.29, 1.82) is 0 Å². The fourth-order valence-corrected chi connectivity index (χ4v) is 4.42. The van der Waals surface area contributed by atoms with Crippen molar-refractivity contribution in [2.24, 2.45) is 0 Å². The molecule has 2 aromatic carbocycles. The molecule has 0 bridgehead atoms. The minimum absolute atomic E-state index is 0.212. The Balaban J connectivity index is 2.01. The lowest BCUT2D eigenvalue weighted by molar-refractivity contribution is -0.254. The molecule has 0 saturated carbocycles. The summed E-state index contributed by atoms with van der Waals surface area (Å²) in [5.74, 6) is -1.94. The van der Waals surface area contributed by atoms with Gasteiger partial charge in [0, 0.05) is 37.7 Å². The molecule has 0 N–H and O–H groups in total. The molecule has 1 unspecified atom stereocenters. The Labute approximate surface area is 228 Å². The Hall–Kier alpha value is -3.44. The van der Waals surface area contributed by atoms with Gasteiger partial charge < -0.3 is 28.4 Å². The van der Waals surface area contributed by atoms with E-state index in [-0.39, 0.29) is 13.2 Å². The summed E-state index contributed by atoms with van der Waals surface area (Å²) in [7, 11) is 0. The van der Waals surface area contributed by atoms with Gasteiger partial charge in [0.05, 0.1) is 0 Å². The van der Waals surface area contributed by atoms with Crippen LogP contribution in [0.2, 0.25) is 0 Å². The molecule has 0 aliphatic carbocycles. The van der Waals surface area contributed by atoms with E-state index in [0.29, 0.717) is 11.3 Å². The van der Waals surface area contributed by atoms with Crippen LogP contribution in [0.15, 0.2) is 53.0 Å². The first-order valence-electron chi connectivity index (χ1n) is 11.8. The van der Waals surface area contributed by atoms with E-state index in [1.807, 2.05) is 30.3 Å². The van der Waals surface area contributed by atoms with E-state index in [2.05, 4.69) is 15.9 Å². The number of carbonyl (C=O) groups is 4. The Morgan fingerprint density at radius 3 is 2.00 bits per heavy atom. The number of carbonyl (C=O) groups excluding carboxylic acids is 4. The summed E-state index contributed by atoms with van der Waals surface area (Å²) in [4.78, 5) is 47.6. The fraction of sp³-hybridized carbons (Fsp3) is 0.407. The number of hydrogen-bond donors (Lipinski definition) is 0. The van der Waals surface area contributed by atoms with Crippen molar-refractivity contribution in [3.63, 3.8) is 0 Å². The predicted molar refractivity (Wildman–Crippen MR) is 136 cm³/mol. The lowest BCUT2D eigenvalue weighted by Gasteiger charge is -2.44.